The van der Waals surface area contributed by atoms with Crippen LogP contribution in [0.4, 0.5) is 0 Å². The van der Waals surface area contributed by atoms with E-state index in [0.717, 1.165) is 10.5 Å². The van der Waals surface area contributed by atoms with Crippen LogP contribution in [0.2, 0.25) is 0 Å². The minimum Gasteiger partial charge on any atom is -0.395 e. The third kappa shape index (κ3) is 2.40. The van der Waals surface area contributed by atoms with Gasteiger partial charge in [-0.25, -0.2) is 0 Å². The van der Waals surface area contributed by atoms with Gasteiger partial charge in [0.05, 0.1) is 6.61 Å². The Bertz CT molecular complexity index is 191. The molecule has 2 nitrogen and oxygen atoms in total. The number of nitrogens with one attached hydrogen (secondary N) is 1. The van der Waals surface area contributed by atoms with Crippen LogP contribution in [0, 0.1) is 0 Å². The highest BCUT2D eigenvalue weighted by molar-refractivity contribution is 8.07. The van der Waals surface area contributed by atoms with Gasteiger partial charge in [0.2, 0.25) is 0 Å². The van der Waals surface area contributed by atoms with Gasteiger partial charge in [0, 0.05) is 34.1 Å². The maximum absolute atomic E-state index is 9.02. The summed E-state index contributed by atoms with van der Waals surface area (Å²) >= 11 is 4.28. The zero-order valence-corrected chi connectivity index (χ0v) is 10.2. The first-order valence-corrected chi connectivity index (χ1v) is 7.51. The van der Waals surface area contributed by atoms with Crippen molar-refractivity contribution in [3.8, 4) is 0 Å². The van der Waals surface area contributed by atoms with Crippen LogP contribution in [-0.4, -0.2) is 45.8 Å². The first kappa shape index (κ1) is 11.1. The summed E-state index contributed by atoms with van der Waals surface area (Å²) in [6, 6.07) is 0.895. The van der Waals surface area contributed by atoms with Gasteiger partial charge in [-0.15, -0.1) is 0 Å². The van der Waals surface area contributed by atoms with Crippen molar-refractivity contribution in [1.82, 2.24) is 5.32 Å². The lowest BCUT2D eigenvalue weighted by Gasteiger charge is -2.30. The van der Waals surface area contributed by atoms with Crippen LogP contribution in [0.5, 0.6) is 0 Å². The quantitative estimate of drug-likeness (QED) is 0.770. The average Bonchev–Trinajstić information content (AvgIpc) is 2.62. The smallest absolute Gasteiger partial charge is 0.0582 e. The first-order chi connectivity index (χ1) is 6.81. The third-order valence-electron chi connectivity index (χ3n) is 3.02. The summed E-state index contributed by atoms with van der Waals surface area (Å²) in [5.74, 6) is 2.63. The Balaban J connectivity index is 1.87. The molecule has 0 spiro atoms. The SMILES string of the molecule is C[C@@H](CO)NC1CCC2SCCSC12. The van der Waals surface area contributed by atoms with Gasteiger partial charge in [0.15, 0.2) is 0 Å². The summed E-state index contributed by atoms with van der Waals surface area (Å²) in [5, 5.41) is 14.2. The lowest BCUT2D eigenvalue weighted by molar-refractivity contribution is 0.241. The van der Waals surface area contributed by atoms with Gasteiger partial charge in [-0.1, -0.05) is 0 Å². The minimum absolute atomic E-state index is 0.256. The predicted molar refractivity (Wildman–Crippen MR) is 65.2 cm³/mol. The van der Waals surface area contributed by atoms with E-state index in [1.165, 1.54) is 24.3 Å². The van der Waals surface area contributed by atoms with Gasteiger partial charge in [-0.2, -0.15) is 23.5 Å². The predicted octanol–water partition coefficient (Wildman–Crippen LogP) is 1.34. The molecule has 0 radical (unpaired) electrons. The molecule has 4 atom stereocenters. The van der Waals surface area contributed by atoms with E-state index in [1.807, 2.05) is 0 Å². The van der Waals surface area contributed by atoms with Crippen molar-refractivity contribution in [2.75, 3.05) is 18.1 Å². The molecule has 3 unspecified atom stereocenters. The molecule has 2 fully saturated rings. The van der Waals surface area contributed by atoms with Gasteiger partial charge in [-0.05, 0) is 19.8 Å². The first-order valence-electron chi connectivity index (χ1n) is 5.41. The molecule has 1 heterocycles. The number of hydrogen-bond acceptors (Lipinski definition) is 4. The maximum atomic E-state index is 9.02. The molecule has 0 bridgehead atoms. The van der Waals surface area contributed by atoms with Gasteiger partial charge in [0.1, 0.15) is 0 Å². The third-order valence-corrected chi connectivity index (χ3v) is 6.33. The molecule has 1 aliphatic heterocycles. The van der Waals surface area contributed by atoms with E-state index in [4.69, 9.17) is 5.11 Å². The molecule has 2 N–H and O–H groups in total. The molecule has 14 heavy (non-hydrogen) atoms. The van der Waals surface area contributed by atoms with Crippen molar-refractivity contribution in [3.05, 3.63) is 0 Å². The van der Waals surface area contributed by atoms with Gasteiger partial charge >= 0.3 is 0 Å². The fourth-order valence-corrected chi connectivity index (χ4v) is 5.61. The number of aliphatic hydroxyl groups excluding tert-OH is 1. The van der Waals surface area contributed by atoms with Crippen molar-refractivity contribution in [2.24, 2.45) is 0 Å². The Morgan fingerprint density at radius 2 is 2.14 bits per heavy atom. The van der Waals surface area contributed by atoms with E-state index in [2.05, 4.69) is 35.8 Å². The van der Waals surface area contributed by atoms with Crippen LogP contribution in [0.15, 0.2) is 0 Å². The second kappa shape index (κ2) is 5.10. The van der Waals surface area contributed by atoms with Gasteiger partial charge in [-0.3, -0.25) is 0 Å². The number of hydrogen-bond donors (Lipinski definition) is 2. The summed E-state index contributed by atoms with van der Waals surface area (Å²) < 4.78 is 0. The van der Waals surface area contributed by atoms with E-state index in [9.17, 15) is 0 Å². The molecule has 0 aromatic carbocycles. The topological polar surface area (TPSA) is 32.3 Å². The molecule has 4 heteroatoms. The Labute approximate surface area is 94.6 Å². The fraction of sp³-hybridized carbons (Fsp3) is 1.00. The van der Waals surface area contributed by atoms with Crippen molar-refractivity contribution in [2.45, 2.75) is 42.3 Å². The van der Waals surface area contributed by atoms with Crippen LogP contribution in [-0.2, 0) is 0 Å². The van der Waals surface area contributed by atoms with Crippen LogP contribution in [0.3, 0.4) is 0 Å². The Morgan fingerprint density at radius 3 is 2.93 bits per heavy atom. The number of aliphatic hydroxyl groups is 1. The maximum Gasteiger partial charge on any atom is 0.0582 e. The molecule has 0 amide bonds. The normalized spacial score (nSPS) is 39.4. The van der Waals surface area contributed by atoms with Gasteiger partial charge < -0.3 is 10.4 Å². The molecule has 1 saturated heterocycles. The van der Waals surface area contributed by atoms with Crippen molar-refractivity contribution < 1.29 is 5.11 Å². The van der Waals surface area contributed by atoms with Crippen molar-refractivity contribution in [3.63, 3.8) is 0 Å². The van der Waals surface area contributed by atoms with E-state index in [-0.39, 0.29) is 12.6 Å². The van der Waals surface area contributed by atoms with Crippen molar-refractivity contribution in [1.29, 1.82) is 0 Å². The monoisotopic (exact) mass is 233 g/mol. The molecule has 82 valence electrons. The van der Waals surface area contributed by atoms with E-state index in [0.29, 0.717) is 6.04 Å². The average molecular weight is 233 g/mol. The number of rotatable bonds is 3. The van der Waals surface area contributed by atoms with E-state index >= 15 is 0 Å². The zero-order valence-electron chi connectivity index (χ0n) is 8.61. The molecule has 0 aromatic heterocycles. The standard InChI is InChI=1S/C10H19NOS2/c1-7(6-12)11-8-2-3-9-10(8)14-5-4-13-9/h7-12H,2-6H2,1H3/t7-,8?,9?,10?/m0/s1. The van der Waals surface area contributed by atoms with Crippen LogP contribution < -0.4 is 5.32 Å². The largest absolute Gasteiger partial charge is 0.395 e. The van der Waals surface area contributed by atoms with E-state index < -0.39 is 0 Å². The Kier molecular flexibility index (Phi) is 4.05. The molecular weight excluding hydrogens is 214 g/mol. The molecule has 0 aromatic rings. The number of thioether (sulfide) groups is 2. The lowest BCUT2D eigenvalue weighted by atomic mass is 10.2. The Morgan fingerprint density at radius 1 is 1.36 bits per heavy atom. The molecule has 2 aliphatic rings. The molecule has 1 aliphatic carbocycles. The highest BCUT2D eigenvalue weighted by Gasteiger charge is 2.38. The Hall–Kier alpha value is 0.620. The molecule has 1 saturated carbocycles. The number of fused-ring (bicyclic) bond motifs is 1. The lowest BCUT2D eigenvalue weighted by Crippen LogP contribution is -2.44. The summed E-state index contributed by atoms with van der Waals surface area (Å²) in [6.45, 7) is 2.32. The summed E-state index contributed by atoms with van der Waals surface area (Å²) in [5.41, 5.74) is 0. The van der Waals surface area contributed by atoms with Crippen molar-refractivity contribution >= 4 is 23.5 Å². The zero-order chi connectivity index (χ0) is 9.97. The molecule has 2 rings (SSSR count). The minimum atomic E-state index is 0.256. The van der Waals surface area contributed by atoms with E-state index in [1.54, 1.807) is 0 Å². The van der Waals surface area contributed by atoms with Crippen LogP contribution in [0.25, 0.3) is 0 Å². The summed E-state index contributed by atoms with van der Waals surface area (Å²) in [6.07, 6.45) is 2.65. The second-order valence-electron chi connectivity index (χ2n) is 4.18. The fourth-order valence-electron chi connectivity index (χ4n) is 2.31. The molecular formula is C10H19NOS2. The van der Waals surface area contributed by atoms with Gasteiger partial charge in [0.25, 0.3) is 0 Å². The summed E-state index contributed by atoms with van der Waals surface area (Å²) in [7, 11) is 0. The van der Waals surface area contributed by atoms with Crippen LogP contribution in [0.1, 0.15) is 19.8 Å². The second-order valence-corrected chi connectivity index (χ2v) is 6.81. The summed E-state index contributed by atoms with van der Waals surface area (Å²) in [4.78, 5) is 0. The highest BCUT2D eigenvalue weighted by Crippen LogP contribution is 2.42. The van der Waals surface area contributed by atoms with Crippen LogP contribution >= 0.6 is 23.5 Å². The highest BCUT2D eigenvalue weighted by atomic mass is 32.2.